The third-order valence-corrected chi connectivity index (χ3v) is 3.62. The molecule has 0 amide bonds. The van der Waals surface area contributed by atoms with Gasteiger partial charge < -0.3 is 10.6 Å². The van der Waals surface area contributed by atoms with Crippen molar-refractivity contribution in [2.24, 2.45) is 0 Å². The van der Waals surface area contributed by atoms with E-state index in [9.17, 15) is 0 Å². The molecular weight excluding hydrogens is 278 g/mol. The second kappa shape index (κ2) is 6.68. The summed E-state index contributed by atoms with van der Waals surface area (Å²) in [6.45, 7) is 8.33. The number of aromatic nitrogens is 1. The van der Waals surface area contributed by atoms with Crippen molar-refractivity contribution in [3.63, 3.8) is 0 Å². The Balaban J connectivity index is 2.01. The zero-order valence-corrected chi connectivity index (χ0v) is 13.7. The fourth-order valence-corrected chi connectivity index (χ4v) is 2.48. The highest BCUT2D eigenvalue weighted by Gasteiger charge is 2.10. The average molecular weight is 299 g/mol. The number of aryl methyl sites for hydroxylation is 3. The zero-order valence-electron chi connectivity index (χ0n) is 12.9. The fourth-order valence-electron chi connectivity index (χ4n) is 2.19. The molecule has 1 aromatic heterocycles. The topological polar surface area (TPSA) is 37.0 Å². The van der Waals surface area contributed by atoms with Crippen LogP contribution >= 0.6 is 12.2 Å². The molecule has 21 heavy (non-hydrogen) atoms. The second-order valence-electron chi connectivity index (χ2n) is 5.40. The van der Waals surface area contributed by atoms with Crippen LogP contribution in [0.4, 0.5) is 5.82 Å². The van der Waals surface area contributed by atoms with Crippen molar-refractivity contribution in [1.82, 2.24) is 10.3 Å². The monoisotopic (exact) mass is 299 g/mol. The van der Waals surface area contributed by atoms with Crippen molar-refractivity contribution >= 4 is 23.1 Å². The van der Waals surface area contributed by atoms with Crippen LogP contribution in [0.15, 0.2) is 36.5 Å². The summed E-state index contributed by atoms with van der Waals surface area (Å²) in [5.41, 5.74) is 4.90. The lowest BCUT2D eigenvalue weighted by Gasteiger charge is -2.19. The molecule has 0 saturated heterocycles. The third kappa shape index (κ3) is 4.26. The van der Waals surface area contributed by atoms with E-state index in [1.807, 2.05) is 25.3 Å². The largest absolute Gasteiger partial charge is 0.356 e. The number of anilines is 1. The summed E-state index contributed by atoms with van der Waals surface area (Å²) in [7, 11) is 0. The van der Waals surface area contributed by atoms with Crippen molar-refractivity contribution in [2.75, 3.05) is 5.32 Å². The first-order valence-electron chi connectivity index (χ1n) is 7.03. The molecule has 0 aliphatic rings. The van der Waals surface area contributed by atoms with E-state index in [0.717, 1.165) is 11.4 Å². The van der Waals surface area contributed by atoms with E-state index in [1.54, 1.807) is 0 Å². The van der Waals surface area contributed by atoms with Crippen LogP contribution < -0.4 is 10.6 Å². The molecule has 0 aliphatic heterocycles. The minimum Gasteiger partial charge on any atom is -0.356 e. The zero-order chi connectivity index (χ0) is 15.4. The summed E-state index contributed by atoms with van der Waals surface area (Å²) in [6, 6.07) is 10.5. The molecule has 1 atom stereocenters. The second-order valence-corrected chi connectivity index (χ2v) is 5.81. The summed E-state index contributed by atoms with van der Waals surface area (Å²) in [6.07, 6.45) is 1.82. The van der Waals surface area contributed by atoms with E-state index in [0.29, 0.717) is 5.11 Å². The fraction of sp³-hybridized carbons (Fsp3) is 0.294. The first-order chi connectivity index (χ1) is 9.95. The van der Waals surface area contributed by atoms with Gasteiger partial charge in [-0.05, 0) is 62.7 Å². The van der Waals surface area contributed by atoms with Crippen LogP contribution in [0.5, 0.6) is 0 Å². The van der Waals surface area contributed by atoms with Crippen LogP contribution in [0.3, 0.4) is 0 Å². The lowest BCUT2D eigenvalue weighted by Crippen LogP contribution is -2.31. The molecule has 0 unspecified atom stereocenters. The number of nitrogens with one attached hydrogen (secondary N) is 2. The Hall–Kier alpha value is -1.94. The summed E-state index contributed by atoms with van der Waals surface area (Å²) in [5, 5.41) is 7.00. The molecule has 0 spiro atoms. The minimum atomic E-state index is 0.148. The number of hydrogen-bond donors (Lipinski definition) is 2. The summed E-state index contributed by atoms with van der Waals surface area (Å²) in [4.78, 5) is 4.29. The van der Waals surface area contributed by atoms with E-state index in [1.165, 1.54) is 16.7 Å². The molecule has 2 rings (SSSR count). The maximum atomic E-state index is 5.36. The average Bonchev–Trinajstić information content (AvgIpc) is 2.44. The van der Waals surface area contributed by atoms with Crippen LogP contribution in [0.25, 0.3) is 0 Å². The van der Waals surface area contributed by atoms with E-state index in [2.05, 4.69) is 54.6 Å². The smallest absolute Gasteiger partial charge is 0.172 e. The maximum absolute atomic E-state index is 5.36. The minimum absolute atomic E-state index is 0.148. The quantitative estimate of drug-likeness (QED) is 0.838. The normalized spacial score (nSPS) is 11.8. The number of pyridine rings is 1. The highest BCUT2D eigenvalue weighted by Crippen LogP contribution is 2.19. The van der Waals surface area contributed by atoms with E-state index in [4.69, 9.17) is 12.2 Å². The highest BCUT2D eigenvalue weighted by atomic mass is 32.1. The van der Waals surface area contributed by atoms with Gasteiger partial charge in [0.1, 0.15) is 5.82 Å². The van der Waals surface area contributed by atoms with Gasteiger partial charge in [-0.2, -0.15) is 0 Å². The van der Waals surface area contributed by atoms with Crippen LogP contribution in [0.2, 0.25) is 0 Å². The van der Waals surface area contributed by atoms with Gasteiger partial charge in [-0.15, -0.1) is 0 Å². The Morgan fingerprint density at radius 2 is 1.81 bits per heavy atom. The Morgan fingerprint density at radius 3 is 2.48 bits per heavy atom. The lowest BCUT2D eigenvalue weighted by atomic mass is 10.0. The first kappa shape index (κ1) is 15.4. The van der Waals surface area contributed by atoms with Gasteiger partial charge in [0, 0.05) is 6.20 Å². The van der Waals surface area contributed by atoms with Gasteiger partial charge in [-0.1, -0.05) is 29.8 Å². The molecule has 0 radical (unpaired) electrons. The predicted octanol–water partition coefficient (Wildman–Crippen LogP) is 4.05. The number of thiocarbonyl (C=S) groups is 1. The van der Waals surface area contributed by atoms with Gasteiger partial charge in [0.25, 0.3) is 0 Å². The predicted molar refractivity (Wildman–Crippen MR) is 92.7 cm³/mol. The highest BCUT2D eigenvalue weighted by molar-refractivity contribution is 7.80. The standard InChI is InChI=1S/C17H21N3S/c1-11-5-7-13(3)15(9-11)14(4)19-17(21)20-16-8-6-12(2)10-18-16/h5-10,14H,1-4H3,(H2,18,19,20,21)/t14-/m1/s1. The van der Waals surface area contributed by atoms with Crippen LogP contribution in [-0.4, -0.2) is 10.1 Å². The molecule has 3 nitrogen and oxygen atoms in total. The van der Waals surface area contributed by atoms with Gasteiger partial charge >= 0.3 is 0 Å². The first-order valence-corrected chi connectivity index (χ1v) is 7.44. The number of benzene rings is 1. The van der Waals surface area contributed by atoms with Crippen molar-refractivity contribution < 1.29 is 0 Å². The summed E-state index contributed by atoms with van der Waals surface area (Å²) >= 11 is 5.36. The third-order valence-electron chi connectivity index (χ3n) is 3.40. The molecule has 110 valence electrons. The van der Waals surface area contributed by atoms with Crippen molar-refractivity contribution in [3.8, 4) is 0 Å². The van der Waals surface area contributed by atoms with Gasteiger partial charge in [0.15, 0.2) is 5.11 Å². The molecule has 0 saturated carbocycles. The number of rotatable bonds is 3. The van der Waals surface area contributed by atoms with Crippen LogP contribution in [0.1, 0.15) is 35.2 Å². The van der Waals surface area contributed by atoms with E-state index >= 15 is 0 Å². The lowest BCUT2D eigenvalue weighted by molar-refractivity contribution is 0.716. The molecular formula is C17H21N3S. The van der Waals surface area contributed by atoms with Gasteiger partial charge in [-0.25, -0.2) is 4.98 Å². The molecule has 0 aliphatic carbocycles. The Morgan fingerprint density at radius 1 is 1.10 bits per heavy atom. The van der Waals surface area contributed by atoms with Gasteiger partial charge in [0.05, 0.1) is 6.04 Å². The molecule has 0 fully saturated rings. The number of hydrogen-bond acceptors (Lipinski definition) is 2. The molecule has 4 heteroatoms. The van der Waals surface area contributed by atoms with E-state index in [-0.39, 0.29) is 6.04 Å². The SMILES string of the molecule is Cc1ccc(NC(=S)N[C@H](C)c2cc(C)ccc2C)nc1. The Bertz CT molecular complexity index is 635. The Labute approximate surface area is 131 Å². The maximum Gasteiger partial charge on any atom is 0.172 e. The molecule has 1 aromatic carbocycles. The van der Waals surface area contributed by atoms with E-state index < -0.39 is 0 Å². The molecule has 1 heterocycles. The molecule has 2 N–H and O–H groups in total. The summed E-state index contributed by atoms with van der Waals surface area (Å²) < 4.78 is 0. The number of nitrogens with zero attached hydrogens (tertiary/aromatic N) is 1. The molecule has 2 aromatic rings. The van der Waals surface area contributed by atoms with Crippen molar-refractivity contribution in [3.05, 3.63) is 58.8 Å². The Kier molecular flexibility index (Phi) is 4.91. The van der Waals surface area contributed by atoms with Crippen molar-refractivity contribution in [2.45, 2.75) is 33.7 Å². The van der Waals surface area contributed by atoms with Crippen LogP contribution in [-0.2, 0) is 0 Å². The van der Waals surface area contributed by atoms with Crippen LogP contribution in [0, 0.1) is 20.8 Å². The van der Waals surface area contributed by atoms with Gasteiger partial charge in [0.2, 0.25) is 0 Å². The summed E-state index contributed by atoms with van der Waals surface area (Å²) in [5.74, 6) is 0.756. The van der Waals surface area contributed by atoms with Gasteiger partial charge in [-0.3, -0.25) is 0 Å². The van der Waals surface area contributed by atoms with Crippen molar-refractivity contribution in [1.29, 1.82) is 0 Å². The molecule has 0 bridgehead atoms.